The summed E-state index contributed by atoms with van der Waals surface area (Å²) in [7, 11) is 0. The molecule has 170 valence electrons. The molecule has 4 aromatic rings. The van der Waals surface area contributed by atoms with Crippen LogP contribution in [0.2, 0.25) is 5.02 Å². The van der Waals surface area contributed by atoms with Gasteiger partial charge in [-0.05, 0) is 23.3 Å². The first-order valence-electron chi connectivity index (χ1n) is 10.7. The van der Waals surface area contributed by atoms with E-state index in [1.54, 1.807) is 35.0 Å². The Morgan fingerprint density at radius 2 is 1.62 bits per heavy atom. The molecule has 0 aliphatic heterocycles. The van der Waals surface area contributed by atoms with E-state index in [2.05, 4.69) is 5.32 Å². The van der Waals surface area contributed by atoms with Gasteiger partial charge in [0.1, 0.15) is 6.04 Å². The van der Waals surface area contributed by atoms with Crippen LogP contribution in [0.15, 0.2) is 97.2 Å². The highest BCUT2D eigenvalue weighted by Gasteiger charge is 2.19. The summed E-state index contributed by atoms with van der Waals surface area (Å²) < 4.78 is 1.79. The Hall–Kier alpha value is -4.16. The highest BCUT2D eigenvalue weighted by atomic mass is 35.5. The summed E-state index contributed by atoms with van der Waals surface area (Å²) in [6, 6.07) is 25.3. The summed E-state index contributed by atoms with van der Waals surface area (Å²) in [4.78, 5) is 24.6. The van der Waals surface area contributed by atoms with Crippen molar-refractivity contribution in [2.24, 2.45) is 5.73 Å². The van der Waals surface area contributed by atoms with E-state index in [1.165, 1.54) is 6.08 Å². The lowest BCUT2D eigenvalue weighted by Gasteiger charge is -2.14. The first kappa shape index (κ1) is 23.0. The molecule has 4 rings (SSSR count). The summed E-state index contributed by atoms with van der Waals surface area (Å²) >= 11 is 6.32. The third kappa shape index (κ3) is 5.60. The molecular weight excluding hydrogens is 448 g/mol. The van der Waals surface area contributed by atoms with E-state index in [9.17, 15) is 9.59 Å². The fourth-order valence-electron chi connectivity index (χ4n) is 3.58. The largest absolute Gasteiger partial charge is 0.368 e. The van der Waals surface area contributed by atoms with Crippen LogP contribution < -0.4 is 11.1 Å². The molecule has 0 spiro atoms. The minimum Gasteiger partial charge on any atom is -0.368 e. The third-order valence-electron chi connectivity index (χ3n) is 5.25. The molecule has 0 fully saturated rings. The molecule has 0 saturated heterocycles. The molecule has 6 nitrogen and oxygen atoms in total. The van der Waals surface area contributed by atoms with Gasteiger partial charge in [0, 0.05) is 28.4 Å². The number of hydrogen-bond acceptors (Lipinski definition) is 3. The van der Waals surface area contributed by atoms with E-state index in [0.717, 1.165) is 22.4 Å². The van der Waals surface area contributed by atoms with Gasteiger partial charge in [-0.15, -0.1) is 0 Å². The van der Waals surface area contributed by atoms with Crippen molar-refractivity contribution in [1.82, 2.24) is 15.1 Å². The van der Waals surface area contributed by atoms with E-state index in [0.29, 0.717) is 17.1 Å². The van der Waals surface area contributed by atoms with Gasteiger partial charge in [0.05, 0.1) is 12.2 Å². The molecule has 1 heterocycles. The maximum absolute atomic E-state index is 12.6. The number of rotatable bonds is 8. The highest BCUT2D eigenvalue weighted by Crippen LogP contribution is 2.24. The molecule has 0 aliphatic rings. The molecular formula is C27H23ClN4O2. The normalized spacial score (nSPS) is 11.9. The molecule has 1 aromatic heterocycles. The van der Waals surface area contributed by atoms with Gasteiger partial charge in [-0.25, -0.2) is 0 Å². The second-order valence-electron chi connectivity index (χ2n) is 7.68. The first-order valence-corrected chi connectivity index (χ1v) is 11.1. The van der Waals surface area contributed by atoms with Crippen LogP contribution in [0.25, 0.3) is 17.3 Å². The Labute approximate surface area is 202 Å². The topological polar surface area (TPSA) is 90.0 Å². The lowest BCUT2D eigenvalue weighted by Crippen LogP contribution is -2.36. The molecule has 1 atom stereocenters. The Morgan fingerprint density at radius 3 is 2.29 bits per heavy atom. The molecule has 7 heteroatoms. The molecule has 0 bridgehead atoms. The minimum atomic E-state index is -0.921. The van der Waals surface area contributed by atoms with Gasteiger partial charge in [-0.1, -0.05) is 90.5 Å². The standard InChI is InChI=1S/C27H23ClN4O2/c28-23-14-8-7-13-21(23)17-32-18-22(25(31-32)19-9-3-1-4-10-19)15-16-24(33)30-26(27(29)34)20-11-5-2-6-12-20/h1-16,18,26H,17H2,(H2,29,34)(H,30,33)/b16-15+. The van der Waals surface area contributed by atoms with Crippen molar-refractivity contribution in [3.05, 3.63) is 119 Å². The van der Waals surface area contributed by atoms with E-state index in [-0.39, 0.29) is 0 Å². The number of carbonyl (C=O) groups excluding carboxylic acids is 2. The van der Waals surface area contributed by atoms with Crippen LogP contribution >= 0.6 is 11.6 Å². The third-order valence-corrected chi connectivity index (χ3v) is 5.61. The van der Waals surface area contributed by atoms with Crippen molar-refractivity contribution in [2.75, 3.05) is 0 Å². The second-order valence-corrected chi connectivity index (χ2v) is 8.08. The number of nitrogens with two attached hydrogens (primary N) is 1. The number of hydrogen-bond donors (Lipinski definition) is 2. The molecule has 2 amide bonds. The van der Waals surface area contributed by atoms with Crippen molar-refractivity contribution >= 4 is 29.5 Å². The average Bonchev–Trinajstić information content (AvgIpc) is 3.26. The predicted octanol–water partition coefficient (Wildman–Crippen LogP) is 4.61. The summed E-state index contributed by atoms with van der Waals surface area (Å²) in [6.45, 7) is 0.483. The highest BCUT2D eigenvalue weighted by molar-refractivity contribution is 6.31. The monoisotopic (exact) mass is 470 g/mol. The van der Waals surface area contributed by atoms with Gasteiger partial charge < -0.3 is 11.1 Å². The van der Waals surface area contributed by atoms with Crippen molar-refractivity contribution in [2.45, 2.75) is 12.6 Å². The fraction of sp³-hybridized carbons (Fsp3) is 0.0741. The van der Waals surface area contributed by atoms with Crippen LogP contribution in [0.3, 0.4) is 0 Å². The van der Waals surface area contributed by atoms with E-state index >= 15 is 0 Å². The quantitative estimate of drug-likeness (QED) is 0.368. The maximum Gasteiger partial charge on any atom is 0.244 e. The zero-order valence-corrected chi connectivity index (χ0v) is 19.0. The maximum atomic E-state index is 12.6. The van der Waals surface area contributed by atoms with Crippen molar-refractivity contribution in [3.63, 3.8) is 0 Å². The first-order chi connectivity index (χ1) is 16.5. The van der Waals surface area contributed by atoms with E-state index < -0.39 is 17.9 Å². The number of aromatic nitrogens is 2. The van der Waals surface area contributed by atoms with Crippen molar-refractivity contribution in [3.8, 4) is 11.3 Å². The minimum absolute atomic E-state index is 0.439. The van der Waals surface area contributed by atoms with Crippen molar-refractivity contribution in [1.29, 1.82) is 0 Å². The molecule has 0 aliphatic carbocycles. The summed E-state index contributed by atoms with van der Waals surface area (Å²) in [5.41, 5.74) is 9.47. The Kier molecular flexibility index (Phi) is 7.20. The lowest BCUT2D eigenvalue weighted by molar-refractivity contribution is -0.125. The van der Waals surface area contributed by atoms with Gasteiger partial charge >= 0.3 is 0 Å². The SMILES string of the molecule is NC(=O)C(NC(=O)/C=C/c1cn(Cc2ccccc2Cl)nc1-c1ccccc1)c1ccccc1. The van der Waals surface area contributed by atoms with Gasteiger partial charge in [-0.2, -0.15) is 5.10 Å². The molecule has 3 N–H and O–H groups in total. The van der Waals surface area contributed by atoms with Crippen molar-refractivity contribution < 1.29 is 9.59 Å². The van der Waals surface area contributed by atoms with E-state index in [4.69, 9.17) is 22.4 Å². The Morgan fingerprint density at radius 1 is 0.971 bits per heavy atom. The van der Waals surface area contributed by atoms with Gasteiger partial charge in [0.25, 0.3) is 0 Å². The number of carbonyl (C=O) groups is 2. The molecule has 1 unspecified atom stereocenters. The van der Waals surface area contributed by atoms with E-state index in [1.807, 2.05) is 66.9 Å². The zero-order valence-electron chi connectivity index (χ0n) is 18.3. The number of benzene rings is 3. The smallest absolute Gasteiger partial charge is 0.244 e. The van der Waals surface area contributed by atoms with Gasteiger partial charge in [0.2, 0.25) is 11.8 Å². The summed E-state index contributed by atoms with van der Waals surface area (Å²) in [5.74, 6) is -1.07. The Bertz CT molecular complexity index is 1320. The Balaban J connectivity index is 1.59. The van der Waals surface area contributed by atoms with Crippen LogP contribution in [0.1, 0.15) is 22.7 Å². The average molecular weight is 471 g/mol. The summed E-state index contributed by atoms with van der Waals surface area (Å²) in [5, 5.41) is 8.07. The fourth-order valence-corrected chi connectivity index (χ4v) is 3.78. The molecule has 3 aromatic carbocycles. The van der Waals surface area contributed by atoms with Crippen LogP contribution in [-0.2, 0) is 16.1 Å². The second kappa shape index (κ2) is 10.6. The van der Waals surface area contributed by atoms with Gasteiger partial charge in [0.15, 0.2) is 0 Å². The zero-order chi connectivity index (χ0) is 23.9. The van der Waals surface area contributed by atoms with Crippen LogP contribution in [0.4, 0.5) is 0 Å². The summed E-state index contributed by atoms with van der Waals surface area (Å²) in [6.07, 6.45) is 4.91. The predicted molar refractivity (Wildman–Crippen MR) is 134 cm³/mol. The van der Waals surface area contributed by atoms with Crippen LogP contribution in [0, 0.1) is 0 Å². The van der Waals surface area contributed by atoms with Gasteiger partial charge in [-0.3, -0.25) is 14.3 Å². The molecule has 0 radical (unpaired) electrons. The number of nitrogens with zero attached hydrogens (tertiary/aromatic N) is 2. The number of halogens is 1. The number of primary amides is 1. The number of amides is 2. The lowest BCUT2D eigenvalue weighted by atomic mass is 10.1. The number of nitrogens with one attached hydrogen (secondary N) is 1. The van der Waals surface area contributed by atoms with Crippen LogP contribution in [-0.4, -0.2) is 21.6 Å². The molecule has 34 heavy (non-hydrogen) atoms. The van der Waals surface area contributed by atoms with Crippen LogP contribution in [0.5, 0.6) is 0 Å². The molecule has 0 saturated carbocycles.